The first kappa shape index (κ1) is 18.4. The van der Waals surface area contributed by atoms with Crippen molar-refractivity contribution in [2.24, 2.45) is 0 Å². The Kier molecular flexibility index (Phi) is 4.95. The van der Waals surface area contributed by atoms with Gasteiger partial charge in [0.25, 0.3) is 5.56 Å². The van der Waals surface area contributed by atoms with Gasteiger partial charge < -0.3 is 4.74 Å². The quantitative estimate of drug-likeness (QED) is 0.711. The van der Waals surface area contributed by atoms with E-state index in [1.807, 2.05) is 43.5 Å². The van der Waals surface area contributed by atoms with Crippen molar-refractivity contribution >= 4 is 23.1 Å². The molecule has 1 aliphatic rings. The van der Waals surface area contributed by atoms with Gasteiger partial charge in [0.15, 0.2) is 0 Å². The lowest BCUT2D eigenvalue weighted by molar-refractivity contribution is 0.181. The van der Waals surface area contributed by atoms with Crippen molar-refractivity contribution in [2.45, 2.75) is 26.7 Å². The lowest BCUT2D eigenvalue weighted by atomic mass is 10.0. The molecule has 1 saturated heterocycles. The highest BCUT2D eigenvalue weighted by Gasteiger charge is 2.23. The van der Waals surface area contributed by atoms with Crippen LogP contribution in [0.2, 0.25) is 0 Å². The zero-order valence-corrected chi connectivity index (χ0v) is 16.5. The van der Waals surface area contributed by atoms with Gasteiger partial charge in [-0.25, -0.2) is 14.9 Å². The van der Waals surface area contributed by atoms with Gasteiger partial charge in [-0.1, -0.05) is 26.0 Å². The lowest BCUT2D eigenvalue weighted by Gasteiger charge is -2.12. The van der Waals surface area contributed by atoms with Crippen LogP contribution >= 0.6 is 11.3 Å². The highest BCUT2D eigenvalue weighted by atomic mass is 32.1. The Morgan fingerprint density at radius 3 is 2.61 bits per heavy atom. The highest BCUT2D eigenvalue weighted by molar-refractivity contribution is 7.13. The van der Waals surface area contributed by atoms with Crippen LogP contribution < -0.4 is 10.5 Å². The molecule has 4 rings (SSSR count). The molecule has 0 bridgehead atoms. The van der Waals surface area contributed by atoms with Crippen LogP contribution in [0.3, 0.4) is 0 Å². The summed E-state index contributed by atoms with van der Waals surface area (Å²) in [5.74, 6) is 0. The predicted octanol–water partition coefficient (Wildman–Crippen LogP) is 3.64. The van der Waals surface area contributed by atoms with E-state index in [1.165, 1.54) is 11.3 Å². The number of amides is 1. The van der Waals surface area contributed by atoms with Crippen LogP contribution in [0.5, 0.6) is 0 Å². The normalized spacial score (nSPS) is 13.8. The summed E-state index contributed by atoms with van der Waals surface area (Å²) in [5.41, 5.74) is 4.78. The predicted molar refractivity (Wildman–Crippen MR) is 109 cm³/mol. The Bertz CT molecular complexity index is 1070. The molecule has 3 heterocycles. The van der Waals surface area contributed by atoms with Gasteiger partial charge in [0, 0.05) is 16.6 Å². The second-order valence-corrected chi connectivity index (χ2v) is 7.27. The number of aromatic amines is 1. The van der Waals surface area contributed by atoms with Crippen molar-refractivity contribution in [3.63, 3.8) is 0 Å². The number of nitrogens with one attached hydrogen (secondary N) is 1. The Morgan fingerprint density at radius 1 is 1.18 bits per heavy atom. The minimum Gasteiger partial charge on any atom is -0.447 e. The van der Waals surface area contributed by atoms with E-state index in [2.05, 4.69) is 10.2 Å². The minimum absolute atomic E-state index is 0.210. The molecule has 8 heteroatoms. The Morgan fingerprint density at radius 2 is 1.96 bits per heavy atom. The number of hydrogen-bond acceptors (Lipinski definition) is 6. The molecule has 2 aromatic heterocycles. The zero-order chi connectivity index (χ0) is 19.7. The van der Waals surface area contributed by atoms with Gasteiger partial charge in [-0.3, -0.25) is 9.69 Å². The Hall–Kier alpha value is -3.00. The maximum atomic E-state index is 12.4. The van der Waals surface area contributed by atoms with E-state index in [4.69, 9.17) is 9.72 Å². The number of ether oxygens (including phenoxy) is 1. The van der Waals surface area contributed by atoms with Gasteiger partial charge >= 0.3 is 6.09 Å². The first-order valence-corrected chi connectivity index (χ1v) is 10.1. The van der Waals surface area contributed by atoms with Gasteiger partial charge in [-0.15, -0.1) is 11.3 Å². The summed E-state index contributed by atoms with van der Waals surface area (Å²) in [6.07, 6.45) is 1.16. The summed E-state index contributed by atoms with van der Waals surface area (Å²) < 4.78 is 4.98. The van der Waals surface area contributed by atoms with E-state index in [0.29, 0.717) is 23.7 Å². The van der Waals surface area contributed by atoms with Crippen LogP contribution in [0.25, 0.3) is 21.8 Å². The fourth-order valence-electron chi connectivity index (χ4n) is 3.38. The molecular weight excluding hydrogens is 376 g/mol. The van der Waals surface area contributed by atoms with Gasteiger partial charge in [0.05, 0.1) is 23.5 Å². The monoisotopic (exact) mass is 396 g/mol. The molecule has 1 aromatic carbocycles. The number of nitrogens with zero attached hydrogens (tertiary/aromatic N) is 3. The summed E-state index contributed by atoms with van der Waals surface area (Å²) in [6, 6.07) is 7.61. The fourth-order valence-corrected chi connectivity index (χ4v) is 4.28. The molecule has 0 atom stereocenters. The zero-order valence-electron chi connectivity index (χ0n) is 15.7. The number of thiazole rings is 1. The molecule has 0 saturated carbocycles. The molecule has 0 spiro atoms. The smallest absolute Gasteiger partial charge is 0.414 e. The molecule has 1 fully saturated rings. The largest absolute Gasteiger partial charge is 0.447 e. The molecule has 0 radical (unpaired) electrons. The van der Waals surface area contributed by atoms with E-state index in [-0.39, 0.29) is 11.7 Å². The van der Waals surface area contributed by atoms with E-state index in [1.54, 1.807) is 4.90 Å². The summed E-state index contributed by atoms with van der Waals surface area (Å²) in [5, 5.41) is 9.40. The first-order chi connectivity index (χ1) is 13.6. The average molecular weight is 396 g/mol. The Labute approximate surface area is 166 Å². The second-order valence-electron chi connectivity index (χ2n) is 6.41. The molecule has 0 unspecified atom stereocenters. The maximum absolute atomic E-state index is 12.4. The molecule has 0 aliphatic carbocycles. The summed E-state index contributed by atoms with van der Waals surface area (Å²) in [7, 11) is 0. The number of H-pyrrole nitrogens is 1. The van der Waals surface area contributed by atoms with Gasteiger partial charge in [0.1, 0.15) is 11.6 Å². The first-order valence-electron chi connectivity index (χ1n) is 9.23. The number of benzene rings is 1. The SMILES string of the molecule is CCc1n[nH]c(=O)c(-c2nc(-c3ccc(N4CCOC4=O)cc3)cs2)c1CC. The third kappa shape index (κ3) is 3.20. The van der Waals surface area contributed by atoms with Gasteiger partial charge in [-0.05, 0) is 30.5 Å². The molecule has 3 aromatic rings. The van der Waals surface area contributed by atoms with Gasteiger partial charge in [0.2, 0.25) is 0 Å². The Balaban J connectivity index is 1.67. The number of aryl methyl sites for hydroxylation is 1. The third-order valence-corrected chi connectivity index (χ3v) is 5.67. The topological polar surface area (TPSA) is 88.2 Å². The van der Waals surface area contributed by atoms with E-state index < -0.39 is 0 Å². The van der Waals surface area contributed by atoms with Crippen molar-refractivity contribution in [2.75, 3.05) is 18.1 Å². The van der Waals surface area contributed by atoms with E-state index >= 15 is 0 Å². The number of cyclic esters (lactones) is 1. The molecule has 7 nitrogen and oxygen atoms in total. The molecular formula is C20H20N4O3S. The van der Waals surface area contributed by atoms with Crippen molar-refractivity contribution in [3.8, 4) is 21.8 Å². The van der Waals surface area contributed by atoms with Crippen LogP contribution in [-0.4, -0.2) is 34.4 Å². The standard InChI is InChI=1S/C20H20N4O3S/c1-3-14-15(4-2)22-23-18(25)17(14)19-21-16(11-28-19)12-5-7-13(8-6-12)24-9-10-27-20(24)26/h5-8,11H,3-4,9-10H2,1-2H3,(H,23,25). The second kappa shape index (κ2) is 7.55. The van der Waals surface area contributed by atoms with E-state index in [0.717, 1.165) is 41.0 Å². The van der Waals surface area contributed by atoms with Gasteiger partial charge in [-0.2, -0.15) is 5.10 Å². The van der Waals surface area contributed by atoms with Crippen molar-refractivity contribution in [3.05, 3.63) is 51.3 Å². The van der Waals surface area contributed by atoms with Crippen molar-refractivity contribution in [1.82, 2.24) is 15.2 Å². The number of hydrogen-bond donors (Lipinski definition) is 1. The number of carbonyl (C=O) groups excluding carboxylic acids is 1. The number of anilines is 1. The maximum Gasteiger partial charge on any atom is 0.414 e. The molecule has 1 amide bonds. The number of aromatic nitrogens is 3. The third-order valence-electron chi connectivity index (χ3n) is 4.81. The number of rotatable bonds is 5. The molecule has 1 aliphatic heterocycles. The van der Waals surface area contributed by atoms with Crippen LogP contribution in [0.4, 0.5) is 10.5 Å². The molecule has 144 valence electrons. The summed E-state index contributed by atoms with van der Waals surface area (Å²) >= 11 is 1.45. The lowest BCUT2D eigenvalue weighted by Crippen LogP contribution is -2.23. The fraction of sp³-hybridized carbons (Fsp3) is 0.300. The number of carbonyl (C=O) groups is 1. The highest BCUT2D eigenvalue weighted by Crippen LogP contribution is 2.31. The van der Waals surface area contributed by atoms with Crippen LogP contribution in [0.15, 0.2) is 34.4 Å². The molecule has 28 heavy (non-hydrogen) atoms. The van der Waals surface area contributed by atoms with Crippen LogP contribution in [0.1, 0.15) is 25.1 Å². The average Bonchev–Trinajstić information content (AvgIpc) is 3.37. The van der Waals surface area contributed by atoms with Crippen LogP contribution in [0, 0.1) is 0 Å². The summed E-state index contributed by atoms with van der Waals surface area (Å²) in [6.45, 7) is 5.02. The van der Waals surface area contributed by atoms with Crippen molar-refractivity contribution < 1.29 is 9.53 Å². The molecule has 1 N–H and O–H groups in total. The summed E-state index contributed by atoms with van der Waals surface area (Å²) in [4.78, 5) is 30.4. The van der Waals surface area contributed by atoms with Crippen LogP contribution in [-0.2, 0) is 17.6 Å². The minimum atomic E-state index is -0.320. The van der Waals surface area contributed by atoms with Crippen molar-refractivity contribution in [1.29, 1.82) is 0 Å². The van der Waals surface area contributed by atoms with E-state index in [9.17, 15) is 9.59 Å².